The van der Waals surface area contributed by atoms with Gasteiger partial charge in [0.25, 0.3) is 0 Å². The number of halogens is 1. The first kappa shape index (κ1) is 11.7. The minimum absolute atomic E-state index is 0.189. The van der Waals surface area contributed by atoms with Gasteiger partial charge in [0.1, 0.15) is 5.82 Å². The molecule has 0 unspecified atom stereocenters. The Bertz CT molecular complexity index is 362. The molecule has 1 aromatic carbocycles. The van der Waals surface area contributed by atoms with E-state index in [4.69, 9.17) is 5.73 Å². The lowest BCUT2D eigenvalue weighted by Crippen LogP contribution is -2.34. The van der Waals surface area contributed by atoms with Gasteiger partial charge in [-0.2, -0.15) is 11.8 Å². The fourth-order valence-electron chi connectivity index (χ4n) is 2.06. The molecule has 0 radical (unpaired) electrons. The maximum atomic E-state index is 13.7. The summed E-state index contributed by atoms with van der Waals surface area (Å²) in [7, 11) is 0. The molecule has 4 heteroatoms. The smallest absolute Gasteiger partial charge is 0.130 e. The van der Waals surface area contributed by atoms with Crippen LogP contribution in [-0.2, 0) is 0 Å². The van der Waals surface area contributed by atoms with E-state index < -0.39 is 0 Å². The molecule has 1 aliphatic heterocycles. The minimum atomic E-state index is -0.259. The van der Waals surface area contributed by atoms with Crippen LogP contribution in [0.25, 0.3) is 0 Å². The predicted octanol–water partition coefficient (Wildman–Crippen LogP) is 2.40. The van der Waals surface area contributed by atoms with Crippen molar-refractivity contribution in [2.24, 2.45) is 5.73 Å². The first-order valence-corrected chi connectivity index (χ1v) is 6.72. The van der Waals surface area contributed by atoms with Crippen LogP contribution in [0.15, 0.2) is 18.2 Å². The number of rotatable bonds is 2. The lowest BCUT2D eigenvalue weighted by Gasteiger charge is -2.31. The number of nitrogens with zero attached hydrogens (tertiary/aromatic N) is 1. The second kappa shape index (κ2) is 5.06. The van der Waals surface area contributed by atoms with Crippen molar-refractivity contribution in [3.8, 4) is 0 Å². The summed E-state index contributed by atoms with van der Waals surface area (Å²) in [5, 5.41) is 0. The van der Waals surface area contributed by atoms with Gasteiger partial charge in [0.2, 0.25) is 0 Å². The van der Waals surface area contributed by atoms with Crippen LogP contribution in [0.5, 0.6) is 0 Å². The highest BCUT2D eigenvalue weighted by atomic mass is 32.2. The van der Waals surface area contributed by atoms with Crippen molar-refractivity contribution in [3.05, 3.63) is 29.6 Å². The van der Waals surface area contributed by atoms with Crippen molar-refractivity contribution in [2.75, 3.05) is 29.5 Å². The van der Waals surface area contributed by atoms with Gasteiger partial charge in [0.05, 0.1) is 0 Å². The van der Waals surface area contributed by atoms with Crippen LogP contribution in [0.3, 0.4) is 0 Å². The molecule has 1 saturated heterocycles. The molecule has 1 aliphatic rings. The lowest BCUT2D eigenvalue weighted by molar-refractivity contribution is 0.592. The summed E-state index contributed by atoms with van der Waals surface area (Å²) in [6.07, 6.45) is 0. The van der Waals surface area contributed by atoms with Crippen LogP contribution in [0.1, 0.15) is 18.5 Å². The van der Waals surface area contributed by atoms with E-state index >= 15 is 0 Å². The van der Waals surface area contributed by atoms with E-state index in [2.05, 4.69) is 4.90 Å². The summed E-state index contributed by atoms with van der Waals surface area (Å²) in [5.74, 6) is 2.02. The molecule has 1 aromatic rings. The number of hydrogen-bond donors (Lipinski definition) is 1. The van der Waals surface area contributed by atoms with Crippen LogP contribution >= 0.6 is 11.8 Å². The van der Waals surface area contributed by atoms with Crippen molar-refractivity contribution in [1.29, 1.82) is 0 Å². The summed E-state index contributed by atoms with van der Waals surface area (Å²) < 4.78 is 13.7. The van der Waals surface area contributed by atoms with Crippen LogP contribution in [0.4, 0.5) is 10.1 Å². The van der Waals surface area contributed by atoms with Crippen molar-refractivity contribution >= 4 is 17.4 Å². The Morgan fingerprint density at radius 2 is 2.06 bits per heavy atom. The highest BCUT2D eigenvalue weighted by Crippen LogP contribution is 2.29. The largest absolute Gasteiger partial charge is 0.370 e. The second-order valence-corrected chi connectivity index (χ2v) is 5.29. The van der Waals surface area contributed by atoms with Crippen molar-refractivity contribution in [1.82, 2.24) is 0 Å². The average molecular weight is 240 g/mol. The maximum Gasteiger partial charge on any atom is 0.130 e. The Kier molecular flexibility index (Phi) is 3.71. The number of anilines is 1. The van der Waals surface area contributed by atoms with E-state index in [9.17, 15) is 4.39 Å². The first-order valence-electron chi connectivity index (χ1n) is 5.57. The normalized spacial score (nSPS) is 18.6. The lowest BCUT2D eigenvalue weighted by atomic mass is 10.0. The quantitative estimate of drug-likeness (QED) is 0.860. The molecular formula is C12H17FN2S. The van der Waals surface area contributed by atoms with Crippen LogP contribution in [0, 0.1) is 5.82 Å². The van der Waals surface area contributed by atoms with Crippen LogP contribution in [0.2, 0.25) is 0 Å². The van der Waals surface area contributed by atoms with Gasteiger partial charge in [0.15, 0.2) is 0 Å². The van der Waals surface area contributed by atoms with E-state index in [1.807, 2.05) is 24.8 Å². The van der Waals surface area contributed by atoms with E-state index in [-0.39, 0.29) is 11.9 Å². The van der Waals surface area contributed by atoms with Gasteiger partial charge < -0.3 is 10.6 Å². The second-order valence-electron chi connectivity index (χ2n) is 4.06. The third-order valence-electron chi connectivity index (χ3n) is 2.84. The zero-order valence-electron chi connectivity index (χ0n) is 9.45. The fourth-order valence-corrected chi connectivity index (χ4v) is 2.96. The summed E-state index contributed by atoms with van der Waals surface area (Å²) in [6.45, 7) is 3.79. The third-order valence-corrected chi connectivity index (χ3v) is 3.78. The van der Waals surface area contributed by atoms with E-state index in [0.717, 1.165) is 30.3 Å². The van der Waals surface area contributed by atoms with Crippen molar-refractivity contribution < 1.29 is 4.39 Å². The number of thioether (sulfide) groups is 1. The molecule has 0 amide bonds. The molecule has 0 bridgehead atoms. The number of hydrogen-bond acceptors (Lipinski definition) is 3. The molecule has 0 aromatic heterocycles. The van der Waals surface area contributed by atoms with Gasteiger partial charge >= 0.3 is 0 Å². The number of nitrogens with two attached hydrogens (primary N) is 1. The van der Waals surface area contributed by atoms with Crippen molar-refractivity contribution in [3.63, 3.8) is 0 Å². The molecule has 0 spiro atoms. The zero-order chi connectivity index (χ0) is 11.5. The van der Waals surface area contributed by atoms with Crippen LogP contribution < -0.4 is 10.6 Å². The maximum absolute atomic E-state index is 13.7. The van der Waals surface area contributed by atoms with Crippen molar-refractivity contribution in [2.45, 2.75) is 13.0 Å². The highest BCUT2D eigenvalue weighted by Gasteiger charge is 2.18. The summed E-state index contributed by atoms with van der Waals surface area (Å²) >= 11 is 1.95. The third kappa shape index (κ3) is 2.33. The first-order chi connectivity index (χ1) is 7.70. The topological polar surface area (TPSA) is 29.3 Å². The molecule has 16 heavy (non-hydrogen) atoms. The molecular weight excluding hydrogens is 223 g/mol. The molecule has 1 heterocycles. The molecule has 88 valence electrons. The van der Waals surface area contributed by atoms with E-state index in [1.54, 1.807) is 6.07 Å². The average Bonchev–Trinajstić information content (AvgIpc) is 2.29. The van der Waals surface area contributed by atoms with E-state index in [0.29, 0.717) is 5.56 Å². The Morgan fingerprint density at radius 3 is 2.69 bits per heavy atom. The Balaban J connectivity index is 2.34. The standard InChI is InChI=1S/C12H17FN2S/c1-9(14)12-10(13)3-2-4-11(12)15-5-7-16-8-6-15/h2-4,9H,5-8,14H2,1H3/t9-/m0/s1. The van der Waals surface area contributed by atoms with Gasteiger partial charge in [-0.25, -0.2) is 4.39 Å². The fraction of sp³-hybridized carbons (Fsp3) is 0.500. The number of benzene rings is 1. The summed E-state index contributed by atoms with van der Waals surface area (Å²) in [6, 6.07) is 4.96. The molecule has 2 N–H and O–H groups in total. The molecule has 1 fully saturated rings. The predicted molar refractivity (Wildman–Crippen MR) is 68.5 cm³/mol. The van der Waals surface area contributed by atoms with Gasteiger partial charge in [-0.1, -0.05) is 6.07 Å². The molecule has 1 atom stereocenters. The Labute approximate surface area is 100 Å². The Hall–Kier alpha value is -0.740. The minimum Gasteiger partial charge on any atom is -0.370 e. The van der Waals surface area contributed by atoms with Crippen LogP contribution in [-0.4, -0.2) is 24.6 Å². The zero-order valence-corrected chi connectivity index (χ0v) is 10.3. The monoisotopic (exact) mass is 240 g/mol. The van der Waals surface area contributed by atoms with Gasteiger partial charge in [0, 0.05) is 41.9 Å². The van der Waals surface area contributed by atoms with Gasteiger partial charge in [-0.15, -0.1) is 0 Å². The van der Waals surface area contributed by atoms with E-state index in [1.165, 1.54) is 6.07 Å². The molecule has 0 saturated carbocycles. The Morgan fingerprint density at radius 1 is 1.38 bits per heavy atom. The molecule has 2 nitrogen and oxygen atoms in total. The van der Waals surface area contributed by atoms with Gasteiger partial charge in [-0.3, -0.25) is 0 Å². The SMILES string of the molecule is C[C@H](N)c1c(F)cccc1N1CCSCC1. The summed E-state index contributed by atoms with van der Waals surface area (Å²) in [5.41, 5.74) is 7.47. The van der Waals surface area contributed by atoms with Gasteiger partial charge in [-0.05, 0) is 19.1 Å². The molecule has 2 rings (SSSR count). The molecule has 0 aliphatic carbocycles. The highest BCUT2D eigenvalue weighted by molar-refractivity contribution is 7.99. The summed E-state index contributed by atoms with van der Waals surface area (Å²) in [4.78, 5) is 2.23.